The zero-order chi connectivity index (χ0) is 17.4. The first-order valence-corrected chi connectivity index (χ1v) is 7.87. The lowest BCUT2D eigenvalue weighted by Gasteiger charge is -2.06. The van der Waals surface area contributed by atoms with Crippen molar-refractivity contribution in [1.29, 1.82) is 0 Å². The van der Waals surface area contributed by atoms with Crippen LogP contribution in [0.1, 0.15) is 0 Å². The molecule has 0 aliphatic rings. The fraction of sp³-hybridized carbons (Fsp3) is 0.0556. The van der Waals surface area contributed by atoms with Gasteiger partial charge in [0.15, 0.2) is 11.5 Å². The molecule has 0 radical (unpaired) electrons. The molecule has 5 nitrogen and oxygen atoms in total. The lowest BCUT2D eigenvalue weighted by atomic mass is 10.2. The number of halogens is 2. The molecule has 124 valence electrons. The number of para-hydroxylation sites is 1. The van der Waals surface area contributed by atoms with Gasteiger partial charge < -0.3 is 4.74 Å². The van der Waals surface area contributed by atoms with Crippen LogP contribution in [0.2, 0.25) is 5.15 Å². The number of hydrogen-bond donors (Lipinski definition) is 0. The minimum absolute atomic E-state index is 0.0162. The van der Waals surface area contributed by atoms with Crippen molar-refractivity contribution in [2.24, 2.45) is 0 Å². The largest absolute Gasteiger partial charge is 0.497 e. The van der Waals surface area contributed by atoms with E-state index in [9.17, 15) is 4.39 Å². The maximum Gasteiger partial charge on any atom is 0.245 e. The maximum absolute atomic E-state index is 14.3. The monoisotopic (exact) mass is 354 g/mol. The van der Waals surface area contributed by atoms with Crippen LogP contribution < -0.4 is 4.74 Å². The molecule has 2 aromatic heterocycles. The van der Waals surface area contributed by atoms with Gasteiger partial charge in [-0.25, -0.2) is 14.6 Å². The molecule has 25 heavy (non-hydrogen) atoms. The molecule has 0 N–H and O–H groups in total. The second-order valence-electron chi connectivity index (χ2n) is 5.31. The van der Waals surface area contributed by atoms with Crippen LogP contribution in [0.3, 0.4) is 0 Å². The summed E-state index contributed by atoms with van der Waals surface area (Å²) >= 11 is 6.22. The maximum atomic E-state index is 14.3. The third-order valence-electron chi connectivity index (χ3n) is 3.77. The predicted molar refractivity (Wildman–Crippen MR) is 93.6 cm³/mol. The van der Waals surface area contributed by atoms with Crippen molar-refractivity contribution < 1.29 is 9.13 Å². The van der Waals surface area contributed by atoms with Gasteiger partial charge in [0.1, 0.15) is 16.3 Å². The van der Waals surface area contributed by atoms with Crippen LogP contribution in [0.15, 0.2) is 54.6 Å². The summed E-state index contributed by atoms with van der Waals surface area (Å²) in [5, 5.41) is 4.04. The zero-order valence-electron chi connectivity index (χ0n) is 13.1. The Kier molecular flexibility index (Phi) is 3.82. The lowest BCUT2D eigenvalue weighted by molar-refractivity contribution is 0.415. The minimum Gasteiger partial charge on any atom is -0.497 e. The van der Waals surface area contributed by atoms with E-state index in [4.69, 9.17) is 16.3 Å². The van der Waals surface area contributed by atoms with Gasteiger partial charge in [-0.1, -0.05) is 41.9 Å². The highest BCUT2D eigenvalue weighted by Crippen LogP contribution is 2.29. The molecule has 0 saturated carbocycles. The highest BCUT2D eigenvalue weighted by molar-refractivity contribution is 6.34. The van der Waals surface area contributed by atoms with Crippen molar-refractivity contribution in [2.75, 3.05) is 7.11 Å². The van der Waals surface area contributed by atoms with Crippen LogP contribution in [0, 0.1) is 5.95 Å². The van der Waals surface area contributed by atoms with Crippen LogP contribution in [0.4, 0.5) is 4.39 Å². The van der Waals surface area contributed by atoms with Crippen LogP contribution in [0.5, 0.6) is 5.75 Å². The summed E-state index contributed by atoms with van der Waals surface area (Å²) in [5.74, 6) is 0.328. The Morgan fingerprint density at radius 3 is 2.60 bits per heavy atom. The van der Waals surface area contributed by atoms with E-state index in [1.807, 2.05) is 48.5 Å². The number of methoxy groups -OCH3 is 1. The van der Waals surface area contributed by atoms with Gasteiger partial charge in [-0.3, -0.25) is 0 Å². The molecule has 0 saturated heterocycles. The molecule has 4 rings (SSSR count). The van der Waals surface area contributed by atoms with E-state index in [-0.39, 0.29) is 10.5 Å². The Bertz CT molecular complexity index is 1070. The Hall–Kier alpha value is -2.99. The standard InChI is InChI=1S/C18H12ClFN4O/c1-25-13-9-5-6-11(10-13)17-21-15(19)14-16(20)23-24(18(14)22-17)12-7-3-2-4-8-12/h2-10H,1H3. The first-order chi connectivity index (χ1) is 12.2. The van der Waals surface area contributed by atoms with Crippen molar-refractivity contribution in [3.63, 3.8) is 0 Å². The summed E-state index contributed by atoms with van der Waals surface area (Å²) in [6, 6.07) is 16.4. The molecule has 0 atom stereocenters. The number of rotatable bonds is 3. The quantitative estimate of drug-likeness (QED) is 0.515. The second-order valence-corrected chi connectivity index (χ2v) is 5.66. The van der Waals surface area contributed by atoms with Crippen molar-refractivity contribution in [3.05, 3.63) is 65.7 Å². The number of aromatic nitrogens is 4. The molecular weight excluding hydrogens is 343 g/mol. The van der Waals surface area contributed by atoms with Gasteiger partial charge in [0.05, 0.1) is 12.8 Å². The van der Waals surface area contributed by atoms with E-state index in [0.29, 0.717) is 28.5 Å². The number of nitrogens with zero attached hydrogens (tertiary/aromatic N) is 4. The van der Waals surface area contributed by atoms with Gasteiger partial charge in [-0.15, -0.1) is 5.10 Å². The molecule has 0 amide bonds. The van der Waals surface area contributed by atoms with Crippen LogP contribution >= 0.6 is 11.6 Å². The molecule has 0 aliphatic carbocycles. The topological polar surface area (TPSA) is 52.8 Å². The average molecular weight is 355 g/mol. The third-order valence-corrected chi connectivity index (χ3v) is 4.04. The van der Waals surface area contributed by atoms with Gasteiger partial charge in [-0.2, -0.15) is 4.39 Å². The summed E-state index contributed by atoms with van der Waals surface area (Å²) in [7, 11) is 1.58. The van der Waals surface area contributed by atoms with E-state index >= 15 is 0 Å². The molecule has 2 aromatic carbocycles. The van der Waals surface area contributed by atoms with Crippen molar-refractivity contribution in [1.82, 2.24) is 19.7 Å². The molecule has 4 aromatic rings. The predicted octanol–water partition coefficient (Wildman–Crippen LogP) is 4.28. The first kappa shape index (κ1) is 15.5. The van der Waals surface area contributed by atoms with Gasteiger partial charge >= 0.3 is 0 Å². The summed E-state index contributed by atoms with van der Waals surface area (Å²) in [5.41, 5.74) is 1.70. The highest BCUT2D eigenvalue weighted by atomic mass is 35.5. The fourth-order valence-electron chi connectivity index (χ4n) is 2.58. The molecule has 0 aliphatic heterocycles. The molecule has 0 unspecified atom stereocenters. The minimum atomic E-state index is -0.707. The number of ether oxygens (including phenoxy) is 1. The Morgan fingerprint density at radius 1 is 1.04 bits per heavy atom. The number of fused-ring (bicyclic) bond motifs is 1. The van der Waals surface area contributed by atoms with Crippen LogP contribution in [-0.2, 0) is 0 Å². The smallest absolute Gasteiger partial charge is 0.245 e. The van der Waals surface area contributed by atoms with Gasteiger partial charge in [0.2, 0.25) is 5.95 Å². The normalized spacial score (nSPS) is 11.0. The number of benzene rings is 2. The molecule has 0 bridgehead atoms. The number of hydrogen-bond acceptors (Lipinski definition) is 4. The Balaban J connectivity index is 1.97. The van der Waals surface area contributed by atoms with E-state index in [1.165, 1.54) is 4.68 Å². The van der Waals surface area contributed by atoms with Crippen molar-refractivity contribution in [2.45, 2.75) is 0 Å². The second kappa shape index (κ2) is 6.14. The fourth-order valence-corrected chi connectivity index (χ4v) is 2.82. The van der Waals surface area contributed by atoms with Crippen LogP contribution in [0.25, 0.3) is 28.1 Å². The van der Waals surface area contributed by atoms with E-state index < -0.39 is 5.95 Å². The van der Waals surface area contributed by atoms with Gasteiger partial charge in [0, 0.05) is 5.56 Å². The van der Waals surface area contributed by atoms with Gasteiger partial charge in [0.25, 0.3) is 0 Å². The van der Waals surface area contributed by atoms with Crippen LogP contribution in [-0.4, -0.2) is 26.9 Å². The van der Waals surface area contributed by atoms with Crippen molar-refractivity contribution >= 4 is 22.6 Å². The molecule has 0 fully saturated rings. The summed E-state index contributed by atoms with van der Waals surface area (Å²) in [4.78, 5) is 8.71. The Morgan fingerprint density at radius 2 is 1.84 bits per heavy atom. The summed E-state index contributed by atoms with van der Waals surface area (Å²) in [6.07, 6.45) is 0. The van der Waals surface area contributed by atoms with E-state index in [2.05, 4.69) is 15.1 Å². The summed E-state index contributed by atoms with van der Waals surface area (Å²) < 4.78 is 20.9. The third kappa shape index (κ3) is 2.70. The zero-order valence-corrected chi connectivity index (χ0v) is 13.9. The first-order valence-electron chi connectivity index (χ1n) is 7.49. The van der Waals surface area contributed by atoms with E-state index in [0.717, 1.165) is 0 Å². The molecule has 2 heterocycles. The average Bonchev–Trinajstić information content (AvgIpc) is 2.99. The SMILES string of the molecule is COc1cccc(-c2nc(Cl)c3c(F)nn(-c4ccccc4)c3n2)c1. The van der Waals surface area contributed by atoms with Gasteiger partial charge in [-0.05, 0) is 24.3 Å². The molecule has 0 spiro atoms. The molecular formula is C18H12ClFN4O. The Labute approximate surface area is 147 Å². The molecule has 7 heteroatoms. The van der Waals surface area contributed by atoms with Crippen molar-refractivity contribution in [3.8, 4) is 22.8 Å². The lowest BCUT2D eigenvalue weighted by Crippen LogP contribution is -1.99. The van der Waals surface area contributed by atoms with E-state index in [1.54, 1.807) is 13.2 Å². The summed E-state index contributed by atoms with van der Waals surface area (Å²) in [6.45, 7) is 0. The highest BCUT2D eigenvalue weighted by Gasteiger charge is 2.19.